The van der Waals surface area contributed by atoms with Crippen LogP contribution in [0.2, 0.25) is 18.1 Å². The third-order valence-electron chi connectivity index (χ3n) is 3.28. The maximum atomic E-state index is 8.84. The van der Waals surface area contributed by atoms with E-state index >= 15 is 0 Å². The molecule has 0 radical (unpaired) electrons. The quantitative estimate of drug-likeness (QED) is 0.560. The predicted octanol–water partition coefficient (Wildman–Crippen LogP) is 3.97. The largest absolute Gasteiger partial charge is 0.549 e. The van der Waals surface area contributed by atoms with Gasteiger partial charge in [-0.05, 0) is 31.1 Å². The molecule has 0 amide bonds. The standard InChI is InChI=1S/C13H22N2OSi/c1-12(2,3)17(5,6)16-9-7-8-13(4,10-14)11-15/h7,9H,8H2,1-6H3/b9-7+. The third kappa shape index (κ3) is 4.62. The van der Waals surface area contributed by atoms with Crippen molar-refractivity contribution in [3.63, 3.8) is 0 Å². The minimum Gasteiger partial charge on any atom is -0.549 e. The van der Waals surface area contributed by atoms with Crippen molar-refractivity contribution in [2.45, 2.75) is 52.2 Å². The van der Waals surface area contributed by atoms with Crippen LogP contribution in [0.5, 0.6) is 0 Å². The lowest BCUT2D eigenvalue weighted by Gasteiger charge is -2.35. The topological polar surface area (TPSA) is 56.8 Å². The Bertz CT molecular complexity index is 352. The molecular weight excluding hydrogens is 228 g/mol. The zero-order valence-corrected chi connectivity index (χ0v) is 12.7. The number of nitrogens with zero attached hydrogens (tertiary/aromatic N) is 2. The molecule has 0 fully saturated rings. The van der Waals surface area contributed by atoms with Crippen LogP contribution >= 0.6 is 0 Å². The molecule has 0 rings (SSSR count). The highest BCUT2D eigenvalue weighted by Gasteiger charge is 2.37. The third-order valence-corrected chi connectivity index (χ3v) is 7.62. The van der Waals surface area contributed by atoms with Crippen molar-refractivity contribution in [3.8, 4) is 12.1 Å². The van der Waals surface area contributed by atoms with E-state index in [0.717, 1.165) is 0 Å². The highest BCUT2D eigenvalue weighted by Crippen LogP contribution is 2.36. The normalized spacial score (nSPS) is 13.2. The average Bonchev–Trinajstić information content (AvgIpc) is 2.22. The van der Waals surface area contributed by atoms with E-state index in [9.17, 15) is 0 Å². The number of allylic oxidation sites excluding steroid dienone is 1. The van der Waals surface area contributed by atoms with E-state index in [1.807, 2.05) is 12.1 Å². The Morgan fingerprint density at radius 1 is 1.12 bits per heavy atom. The van der Waals surface area contributed by atoms with Crippen LogP contribution in [0.4, 0.5) is 0 Å². The Morgan fingerprint density at radius 2 is 1.59 bits per heavy atom. The zero-order chi connectivity index (χ0) is 13.7. The molecule has 0 aliphatic carbocycles. The Labute approximate surface area is 106 Å². The van der Waals surface area contributed by atoms with Crippen LogP contribution < -0.4 is 0 Å². The monoisotopic (exact) mass is 250 g/mol. The van der Waals surface area contributed by atoms with E-state index in [0.29, 0.717) is 6.42 Å². The van der Waals surface area contributed by atoms with Crippen LogP contribution in [0.1, 0.15) is 34.1 Å². The van der Waals surface area contributed by atoms with E-state index in [1.54, 1.807) is 19.3 Å². The Balaban J connectivity index is 4.44. The number of nitriles is 2. The summed E-state index contributed by atoms with van der Waals surface area (Å²) in [7, 11) is -1.77. The molecule has 4 heteroatoms. The van der Waals surface area contributed by atoms with Gasteiger partial charge in [0.25, 0.3) is 0 Å². The summed E-state index contributed by atoms with van der Waals surface area (Å²) >= 11 is 0. The van der Waals surface area contributed by atoms with Gasteiger partial charge in [0, 0.05) is 6.42 Å². The van der Waals surface area contributed by atoms with Crippen molar-refractivity contribution >= 4 is 8.32 Å². The van der Waals surface area contributed by atoms with Crippen molar-refractivity contribution < 1.29 is 4.43 Å². The molecule has 0 aromatic heterocycles. The summed E-state index contributed by atoms with van der Waals surface area (Å²) < 4.78 is 5.82. The predicted molar refractivity (Wildman–Crippen MR) is 71.4 cm³/mol. The van der Waals surface area contributed by atoms with Gasteiger partial charge in [0.2, 0.25) is 8.32 Å². The summed E-state index contributed by atoms with van der Waals surface area (Å²) in [6.45, 7) is 12.4. The summed E-state index contributed by atoms with van der Waals surface area (Å²) in [5.41, 5.74) is -0.951. The van der Waals surface area contributed by atoms with Crippen molar-refractivity contribution in [2.75, 3.05) is 0 Å². The molecule has 17 heavy (non-hydrogen) atoms. The Kier molecular flexibility index (Phi) is 4.98. The lowest BCUT2D eigenvalue weighted by molar-refractivity contribution is 0.425. The number of hydrogen-bond donors (Lipinski definition) is 0. The molecule has 0 N–H and O–H groups in total. The van der Waals surface area contributed by atoms with Crippen LogP contribution in [-0.4, -0.2) is 8.32 Å². The fraction of sp³-hybridized carbons (Fsp3) is 0.692. The van der Waals surface area contributed by atoms with E-state index in [1.165, 1.54) is 0 Å². The van der Waals surface area contributed by atoms with Gasteiger partial charge in [-0.3, -0.25) is 0 Å². The number of rotatable bonds is 4. The smallest absolute Gasteiger partial charge is 0.249 e. The van der Waals surface area contributed by atoms with Gasteiger partial charge in [0.05, 0.1) is 18.4 Å². The van der Waals surface area contributed by atoms with Crippen molar-refractivity contribution in [1.29, 1.82) is 10.5 Å². The molecule has 0 heterocycles. The second-order valence-electron chi connectivity index (χ2n) is 6.01. The second-order valence-corrected chi connectivity index (χ2v) is 10.8. The molecule has 0 saturated heterocycles. The van der Waals surface area contributed by atoms with Crippen LogP contribution in [0.15, 0.2) is 12.3 Å². The minimum atomic E-state index is -1.77. The molecule has 0 aromatic carbocycles. The average molecular weight is 250 g/mol. The minimum absolute atomic E-state index is 0.158. The molecule has 3 nitrogen and oxygen atoms in total. The first-order valence-corrected chi connectivity index (χ1v) is 8.64. The summed E-state index contributed by atoms with van der Waals surface area (Å²) in [6.07, 6.45) is 3.83. The molecule has 0 atom stereocenters. The van der Waals surface area contributed by atoms with E-state index < -0.39 is 13.7 Å². The summed E-state index contributed by atoms with van der Waals surface area (Å²) in [6, 6.07) is 4.00. The van der Waals surface area contributed by atoms with Crippen LogP contribution in [0.3, 0.4) is 0 Å². The molecule has 0 saturated carbocycles. The first-order valence-electron chi connectivity index (χ1n) is 5.73. The van der Waals surface area contributed by atoms with Crippen LogP contribution in [0.25, 0.3) is 0 Å². The van der Waals surface area contributed by atoms with Gasteiger partial charge >= 0.3 is 0 Å². The zero-order valence-electron chi connectivity index (χ0n) is 11.7. The first-order chi connectivity index (χ1) is 7.58. The maximum Gasteiger partial charge on any atom is 0.249 e. The van der Waals surface area contributed by atoms with Crippen molar-refractivity contribution in [2.24, 2.45) is 5.41 Å². The SMILES string of the molecule is CC(C#N)(C#N)C/C=C/O[Si](C)(C)C(C)(C)C. The van der Waals surface area contributed by atoms with Crippen molar-refractivity contribution in [1.82, 2.24) is 0 Å². The molecule has 0 aliphatic heterocycles. The van der Waals surface area contributed by atoms with Gasteiger partial charge in [-0.25, -0.2) is 0 Å². The maximum absolute atomic E-state index is 8.84. The molecule has 94 valence electrons. The van der Waals surface area contributed by atoms with Gasteiger partial charge in [-0.2, -0.15) is 10.5 Å². The molecule has 0 unspecified atom stereocenters. The first kappa shape index (κ1) is 15.7. The fourth-order valence-electron chi connectivity index (χ4n) is 0.795. The fourth-order valence-corrected chi connectivity index (χ4v) is 1.59. The van der Waals surface area contributed by atoms with Crippen LogP contribution in [-0.2, 0) is 4.43 Å². The summed E-state index contributed by atoms with van der Waals surface area (Å²) in [4.78, 5) is 0. The molecule has 0 spiro atoms. The van der Waals surface area contributed by atoms with Gasteiger partial charge in [-0.1, -0.05) is 20.8 Å². The van der Waals surface area contributed by atoms with E-state index in [2.05, 4.69) is 33.9 Å². The van der Waals surface area contributed by atoms with Crippen LogP contribution in [0, 0.1) is 28.1 Å². The van der Waals surface area contributed by atoms with Gasteiger partial charge in [0.15, 0.2) is 0 Å². The molecule has 0 aromatic rings. The highest BCUT2D eigenvalue weighted by atomic mass is 28.4. The van der Waals surface area contributed by atoms with E-state index in [4.69, 9.17) is 14.9 Å². The molecule has 0 aliphatic rings. The summed E-state index contributed by atoms with van der Waals surface area (Å²) in [5, 5.41) is 17.8. The molecular formula is C13H22N2OSi. The number of hydrogen-bond acceptors (Lipinski definition) is 3. The Hall–Kier alpha value is -1.26. The Morgan fingerprint density at radius 3 is 1.94 bits per heavy atom. The van der Waals surface area contributed by atoms with Gasteiger partial charge < -0.3 is 4.43 Å². The lowest BCUT2D eigenvalue weighted by atomic mass is 9.91. The molecule has 0 bridgehead atoms. The van der Waals surface area contributed by atoms with Gasteiger partial charge in [-0.15, -0.1) is 0 Å². The summed E-state index contributed by atoms with van der Waals surface area (Å²) in [5.74, 6) is 0. The van der Waals surface area contributed by atoms with E-state index in [-0.39, 0.29) is 5.04 Å². The second kappa shape index (κ2) is 5.38. The lowest BCUT2D eigenvalue weighted by Crippen LogP contribution is -2.39. The highest BCUT2D eigenvalue weighted by molar-refractivity contribution is 6.74. The van der Waals surface area contributed by atoms with Crippen molar-refractivity contribution in [3.05, 3.63) is 12.3 Å². The van der Waals surface area contributed by atoms with Gasteiger partial charge in [0.1, 0.15) is 5.41 Å².